The number of carbonyl (C=O) groups is 1. The highest BCUT2D eigenvalue weighted by atomic mass is 16.5. The topological polar surface area (TPSA) is 34.5 Å². The van der Waals surface area contributed by atoms with Gasteiger partial charge in [-0.2, -0.15) is 0 Å². The first-order valence-electron chi connectivity index (χ1n) is 9.27. The highest BCUT2D eigenvalue weighted by Crippen LogP contribution is 2.31. The minimum absolute atomic E-state index is 0.277. The molecule has 0 bridgehead atoms. The summed E-state index contributed by atoms with van der Waals surface area (Å²) in [5.41, 5.74) is 2.39. The van der Waals surface area contributed by atoms with E-state index in [2.05, 4.69) is 46.9 Å². The van der Waals surface area contributed by atoms with Gasteiger partial charge in [0.2, 0.25) is 5.91 Å². The molecule has 1 aromatic carbocycles. The molecule has 1 heterocycles. The molecule has 0 atom stereocenters. The summed E-state index contributed by atoms with van der Waals surface area (Å²) < 4.78 is 7.55. The van der Waals surface area contributed by atoms with Crippen LogP contribution in [0.3, 0.4) is 0 Å². The number of hydrogen-bond donors (Lipinski definition) is 0. The number of amides is 1. The predicted molar refractivity (Wildman–Crippen MR) is 99.6 cm³/mol. The monoisotopic (exact) mass is 340 g/mol. The van der Waals surface area contributed by atoms with Gasteiger partial charge < -0.3 is 14.2 Å². The SMILES string of the molecule is CCCCN(Cc1cccn1Cc1cccc(OC)c1)C(=O)C1CC1. The third-order valence-corrected chi connectivity index (χ3v) is 4.78. The maximum absolute atomic E-state index is 12.6. The van der Waals surface area contributed by atoms with E-state index in [1.807, 2.05) is 12.1 Å². The first-order valence-corrected chi connectivity index (χ1v) is 9.27. The van der Waals surface area contributed by atoms with Gasteiger partial charge in [0.1, 0.15) is 5.75 Å². The Morgan fingerprint density at radius 2 is 2.12 bits per heavy atom. The first-order chi connectivity index (χ1) is 12.2. The summed E-state index contributed by atoms with van der Waals surface area (Å²) in [4.78, 5) is 14.6. The van der Waals surface area contributed by atoms with E-state index >= 15 is 0 Å². The molecule has 1 amide bonds. The molecule has 1 aromatic heterocycles. The maximum atomic E-state index is 12.6. The van der Waals surface area contributed by atoms with Crippen LogP contribution in [-0.4, -0.2) is 29.0 Å². The maximum Gasteiger partial charge on any atom is 0.226 e. The second kappa shape index (κ2) is 8.24. The lowest BCUT2D eigenvalue weighted by molar-refractivity contribution is -0.133. The van der Waals surface area contributed by atoms with Crippen LogP contribution in [0.5, 0.6) is 5.75 Å². The first kappa shape index (κ1) is 17.6. The number of methoxy groups -OCH3 is 1. The normalized spacial score (nSPS) is 13.7. The van der Waals surface area contributed by atoms with Crippen LogP contribution in [0.15, 0.2) is 42.6 Å². The van der Waals surface area contributed by atoms with E-state index in [1.54, 1.807) is 7.11 Å². The fraction of sp³-hybridized carbons (Fsp3) is 0.476. The summed E-state index contributed by atoms with van der Waals surface area (Å²) in [5, 5.41) is 0. The fourth-order valence-corrected chi connectivity index (χ4v) is 3.11. The molecule has 1 fully saturated rings. The second-order valence-electron chi connectivity index (χ2n) is 6.87. The molecule has 0 N–H and O–H groups in total. The van der Waals surface area contributed by atoms with Crippen molar-refractivity contribution in [2.24, 2.45) is 5.92 Å². The highest BCUT2D eigenvalue weighted by molar-refractivity contribution is 5.81. The van der Waals surface area contributed by atoms with Crippen molar-refractivity contribution >= 4 is 5.91 Å². The van der Waals surface area contributed by atoms with Gasteiger partial charge in [-0.3, -0.25) is 4.79 Å². The Hall–Kier alpha value is -2.23. The zero-order valence-corrected chi connectivity index (χ0v) is 15.3. The molecule has 4 nitrogen and oxygen atoms in total. The van der Waals surface area contributed by atoms with Gasteiger partial charge in [0.05, 0.1) is 13.7 Å². The van der Waals surface area contributed by atoms with Gasteiger partial charge in [-0.15, -0.1) is 0 Å². The number of nitrogens with zero attached hydrogens (tertiary/aromatic N) is 2. The molecule has 1 saturated carbocycles. The smallest absolute Gasteiger partial charge is 0.226 e. The Balaban J connectivity index is 1.71. The molecule has 25 heavy (non-hydrogen) atoms. The van der Waals surface area contributed by atoms with Crippen molar-refractivity contribution < 1.29 is 9.53 Å². The van der Waals surface area contributed by atoms with Gasteiger partial charge in [-0.05, 0) is 49.1 Å². The van der Waals surface area contributed by atoms with Crippen molar-refractivity contribution in [2.45, 2.75) is 45.7 Å². The number of unbranched alkanes of at least 4 members (excludes halogenated alkanes) is 1. The minimum Gasteiger partial charge on any atom is -0.497 e. The summed E-state index contributed by atoms with van der Waals surface area (Å²) in [6, 6.07) is 12.3. The van der Waals surface area contributed by atoms with E-state index in [4.69, 9.17) is 4.74 Å². The Kier molecular flexibility index (Phi) is 5.79. The Morgan fingerprint density at radius 3 is 2.84 bits per heavy atom. The van der Waals surface area contributed by atoms with Crippen LogP contribution in [0, 0.1) is 5.92 Å². The fourth-order valence-electron chi connectivity index (χ4n) is 3.11. The van der Waals surface area contributed by atoms with Crippen LogP contribution >= 0.6 is 0 Å². The van der Waals surface area contributed by atoms with Gasteiger partial charge in [-0.25, -0.2) is 0 Å². The van der Waals surface area contributed by atoms with Crippen LogP contribution in [0.4, 0.5) is 0 Å². The van der Waals surface area contributed by atoms with Crippen molar-refractivity contribution in [3.63, 3.8) is 0 Å². The average Bonchev–Trinajstić information content (AvgIpc) is 3.40. The van der Waals surface area contributed by atoms with Crippen molar-refractivity contribution in [1.82, 2.24) is 9.47 Å². The number of rotatable bonds is 9. The highest BCUT2D eigenvalue weighted by Gasteiger charge is 2.33. The molecular weight excluding hydrogens is 312 g/mol. The third kappa shape index (κ3) is 4.65. The summed E-state index contributed by atoms with van der Waals surface area (Å²) in [6.07, 6.45) is 6.39. The van der Waals surface area contributed by atoms with Gasteiger partial charge in [-0.1, -0.05) is 25.5 Å². The quantitative estimate of drug-likeness (QED) is 0.689. The van der Waals surface area contributed by atoms with E-state index in [1.165, 1.54) is 11.3 Å². The van der Waals surface area contributed by atoms with Crippen LogP contribution in [0.2, 0.25) is 0 Å². The summed E-state index contributed by atoms with van der Waals surface area (Å²) in [7, 11) is 1.69. The zero-order chi connectivity index (χ0) is 17.6. The lowest BCUT2D eigenvalue weighted by Gasteiger charge is -2.23. The van der Waals surface area contributed by atoms with E-state index in [0.29, 0.717) is 12.5 Å². The van der Waals surface area contributed by atoms with E-state index in [-0.39, 0.29) is 5.92 Å². The molecule has 0 unspecified atom stereocenters. The lowest BCUT2D eigenvalue weighted by Crippen LogP contribution is -2.33. The Labute approximate surface area is 150 Å². The minimum atomic E-state index is 0.277. The molecule has 0 spiro atoms. The van der Waals surface area contributed by atoms with Crippen LogP contribution in [0.1, 0.15) is 43.9 Å². The largest absolute Gasteiger partial charge is 0.497 e. The molecule has 0 radical (unpaired) electrons. The standard InChI is InChI=1S/C21H28N2O2/c1-3-4-12-23(21(24)18-10-11-18)16-19-8-6-13-22(19)15-17-7-5-9-20(14-17)25-2/h5-9,13-14,18H,3-4,10-12,15-16H2,1-2H3. The Bertz CT molecular complexity index is 703. The molecule has 3 rings (SSSR count). The van der Waals surface area contributed by atoms with E-state index in [9.17, 15) is 4.79 Å². The average molecular weight is 340 g/mol. The van der Waals surface area contributed by atoms with E-state index in [0.717, 1.165) is 44.5 Å². The van der Waals surface area contributed by atoms with Crippen molar-refractivity contribution in [3.05, 3.63) is 53.9 Å². The molecule has 2 aromatic rings. The number of aromatic nitrogens is 1. The second-order valence-corrected chi connectivity index (χ2v) is 6.87. The van der Waals surface area contributed by atoms with Gasteiger partial charge in [0, 0.05) is 30.9 Å². The van der Waals surface area contributed by atoms with Crippen LogP contribution < -0.4 is 4.74 Å². The molecule has 1 aliphatic rings. The van der Waals surface area contributed by atoms with Crippen LogP contribution in [0.25, 0.3) is 0 Å². The summed E-state index contributed by atoms with van der Waals surface area (Å²) in [6.45, 7) is 4.52. The number of benzene rings is 1. The molecule has 134 valence electrons. The van der Waals surface area contributed by atoms with Crippen molar-refractivity contribution in [3.8, 4) is 5.75 Å². The Morgan fingerprint density at radius 1 is 1.28 bits per heavy atom. The van der Waals surface area contributed by atoms with Gasteiger partial charge in [0.15, 0.2) is 0 Å². The van der Waals surface area contributed by atoms with Crippen LogP contribution in [-0.2, 0) is 17.9 Å². The molecule has 0 aliphatic heterocycles. The van der Waals surface area contributed by atoms with Gasteiger partial charge in [0.25, 0.3) is 0 Å². The predicted octanol–water partition coefficient (Wildman–Crippen LogP) is 4.08. The third-order valence-electron chi connectivity index (χ3n) is 4.78. The number of ether oxygens (including phenoxy) is 1. The summed E-state index contributed by atoms with van der Waals surface area (Å²) >= 11 is 0. The molecule has 4 heteroatoms. The van der Waals surface area contributed by atoms with Crippen molar-refractivity contribution in [2.75, 3.05) is 13.7 Å². The summed E-state index contributed by atoms with van der Waals surface area (Å²) in [5.74, 6) is 1.49. The number of carbonyl (C=O) groups excluding carboxylic acids is 1. The number of hydrogen-bond acceptors (Lipinski definition) is 2. The van der Waals surface area contributed by atoms with E-state index < -0.39 is 0 Å². The lowest BCUT2D eigenvalue weighted by atomic mass is 10.2. The molecular formula is C21H28N2O2. The molecule has 1 aliphatic carbocycles. The molecule has 0 saturated heterocycles. The van der Waals surface area contributed by atoms with Gasteiger partial charge >= 0.3 is 0 Å². The zero-order valence-electron chi connectivity index (χ0n) is 15.3. The van der Waals surface area contributed by atoms with Crippen molar-refractivity contribution in [1.29, 1.82) is 0 Å².